The number of hydrogen-bond donors (Lipinski definition) is 0. The third-order valence-electron chi connectivity index (χ3n) is 2.00. The number of unbranched alkanes of at least 4 members (excludes halogenated alkanes) is 4. The maximum absolute atomic E-state index is 11.7. The van der Waals surface area contributed by atoms with Crippen LogP contribution in [0.2, 0.25) is 0 Å². The second-order valence-electron chi connectivity index (χ2n) is 3.52. The van der Waals surface area contributed by atoms with E-state index in [1.54, 1.807) is 0 Å². The molecule has 0 aliphatic rings. The van der Waals surface area contributed by atoms with Crippen molar-refractivity contribution in [2.24, 2.45) is 0 Å². The van der Waals surface area contributed by atoms with Crippen LogP contribution in [0.5, 0.6) is 0 Å². The van der Waals surface area contributed by atoms with Crippen molar-refractivity contribution in [1.82, 2.24) is 0 Å². The third kappa shape index (κ3) is 14.0. The first-order chi connectivity index (χ1) is 7.06. The fraction of sp³-hybridized carbons (Fsp3) is 0.818. The average molecular weight is 287 g/mol. The molecule has 0 spiro atoms. The number of allylic oxidation sites excluding steroid dienone is 2. The largest absolute Gasteiger partial charge is 0.389 e. The zero-order valence-electron chi connectivity index (χ0n) is 8.82. The fourth-order valence-corrected chi connectivity index (χ4v) is 1.59. The summed E-state index contributed by atoms with van der Waals surface area (Å²) in [6.45, 7) is 0. The van der Waals surface area contributed by atoms with Crippen LogP contribution in [0.3, 0.4) is 0 Å². The van der Waals surface area contributed by atoms with E-state index >= 15 is 0 Å². The molecule has 0 nitrogen and oxygen atoms in total. The van der Waals surface area contributed by atoms with Crippen molar-refractivity contribution in [1.29, 1.82) is 0 Å². The van der Waals surface area contributed by atoms with Crippen molar-refractivity contribution in [3.8, 4) is 0 Å². The van der Waals surface area contributed by atoms with Crippen LogP contribution in [-0.4, -0.2) is 11.5 Å². The van der Waals surface area contributed by atoms with Gasteiger partial charge in [0.25, 0.3) is 0 Å². The van der Waals surface area contributed by atoms with E-state index in [1.165, 1.54) is 12.8 Å². The van der Waals surface area contributed by atoms with Crippen LogP contribution in [0.1, 0.15) is 44.9 Å². The maximum Gasteiger partial charge on any atom is 0.389 e. The molecule has 0 unspecified atom stereocenters. The van der Waals surface area contributed by atoms with Gasteiger partial charge in [-0.1, -0.05) is 34.5 Å². The highest BCUT2D eigenvalue weighted by atomic mass is 79.9. The molecule has 4 heteroatoms. The van der Waals surface area contributed by atoms with Crippen molar-refractivity contribution in [3.63, 3.8) is 0 Å². The van der Waals surface area contributed by atoms with Gasteiger partial charge >= 0.3 is 6.18 Å². The van der Waals surface area contributed by atoms with E-state index in [1.807, 2.05) is 12.2 Å². The first-order valence-electron chi connectivity index (χ1n) is 5.34. The lowest BCUT2D eigenvalue weighted by Crippen LogP contribution is -2.05. The zero-order valence-corrected chi connectivity index (χ0v) is 10.4. The highest BCUT2D eigenvalue weighted by molar-refractivity contribution is 9.09. The SMILES string of the molecule is FC(F)(F)CCC/C=C\CCCCCBr. The van der Waals surface area contributed by atoms with Gasteiger partial charge < -0.3 is 0 Å². The third-order valence-corrected chi connectivity index (χ3v) is 2.56. The van der Waals surface area contributed by atoms with Gasteiger partial charge in [0.05, 0.1) is 0 Å². The monoisotopic (exact) mass is 286 g/mol. The minimum atomic E-state index is -4.00. The molecule has 0 aliphatic carbocycles. The van der Waals surface area contributed by atoms with Gasteiger partial charge in [-0.15, -0.1) is 0 Å². The lowest BCUT2D eigenvalue weighted by molar-refractivity contribution is -0.135. The lowest BCUT2D eigenvalue weighted by atomic mass is 10.1. The van der Waals surface area contributed by atoms with E-state index in [9.17, 15) is 13.2 Å². The fourth-order valence-electron chi connectivity index (χ4n) is 1.19. The maximum atomic E-state index is 11.7. The Morgan fingerprint density at radius 3 is 2.00 bits per heavy atom. The summed E-state index contributed by atoms with van der Waals surface area (Å²) in [5, 5.41) is 1.03. The first-order valence-corrected chi connectivity index (χ1v) is 6.46. The molecule has 0 amide bonds. The van der Waals surface area contributed by atoms with Crippen molar-refractivity contribution in [3.05, 3.63) is 12.2 Å². The molecule has 0 rings (SSSR count). The first kappa shape index (κ1) is 15.0. The Bertz CT molecular complexity index is 164. The van der Waals surface area contributed by atoms with Crippen molar-refractivity contribution < 1.29 is 13.2 Å². The van der Waals surface area contributed by atoms with Crippen LogP contribution in [0.4, 0.5) is 13.2 Å². The van der Waals surface area contributed by atoms with Gasteiger partial charge in [0.2, 0.25) is 0 Å². The molecule has 0 aromatic carbocycles. The Labute approximate surface area is 98.1 Å². The van der Waals surface area contributed by atoms with Gasteiger partial charge in [0.15, 0.2) is 0 Å². The molecule has 90 valence electrons. The Morgan fingerprint density at radius 1 is 0.867 bits per heavy atom. The molecular formula is C11H18BrF3. The van der Waals surface area contributed by atoms with Crippen LogP contribution in [-0.2, 0) is 0 Å². The molecular weight excluding hydrogens is 269 g/mol. The Hall–Kier alpha value is 0.01000. The molecule has 0 aromatic rings. The molecule has 0 N–H and O–H groups in total. The van der Waals surface area contributed by atoms with Crippen LogP contribution >= 0.6 is 15.9 Å². The lowest BCUT2D eigenvalue weighted by Gasteiger charge is -2.03. The molecule has 0 heterocycles. The normalized spacial score (nSPS) is 12.5. The molecule has 15 heavy (non-hydrogen) atoms. The predicted octanol–water partition coefficient (Wildman–Crippen LogP) is 5.23. The summed E-state index contributed by atoms with van der Waals surface area (Å²) in [5.74, 6) is 0. The molecule has 0 aromatic heterocycles. The van der Waals surface area contributed by atoms with Crippen LogP contribution in [0.15, 0.2) is 12.2 Å². The molecule has 0 radical (unpaired) electrons. The Kier molecular flexibility index (Phi) is 9.26. The number of hydrogen-bond acceptors (Lipinski definition) is 0. The van der Waals surface area contributed by atoms with Gasteiger partial charge in [-0.3, -0.25) is 0 Å². The van der Waals surface area contributed by atoms with Gasteiger partial charge in [0, 0.05) is 11.8 Å². The summed E-state index contributed by atoms with van der Waals surface area (Å²) < 4.78 is 35.2. The minimum absolute atomic E-state index is 0.210. The summed E-state index contributed by atoms with van der Waals surface area (Å²) >= 11 is 3.35. The molecule has 0 fully saturated rings. The van der Waals surface area contributed by atoms with E-state index in [0.29, 0.717) is 6.42 Å². The van der Waals surface area contributed by atoms with E-state index < -0.39 is 12.6 Å². The van der Waals surface area contributed by atoms with E-state index in [4.69, 9.17) is 0 Å². The van der Waals surface area contributed by atoms with Crippen LogP contribution < -0.4 is 0 Å². The van der Waals surface area contributed by atoms with Crippen molar-refractivity contribution in [2.45, 2.75) is 51.1 Å². The highest BCUT2D eigenvalue weighted by Gasteiger charge is 2.25. The molecule has 0 bridgehead atoms. The summed E-state index contributed by atoms with van der Waals surface area (Å²) in [7, 11) is 0. The number of halogens is 4. The topological polar surface area (TPSA) is 0 Å². The van der Waals surface area contributed by atoms with Gasteiger partial charge in [-0.05, 0) is 32.1 Å². The van der Waals surface area contributed by atoms with Crippen LogP contribution in [0, 0.1) is 0 Å². The Balaban J connectivity index is 3.18. The minimum Gasteiger partial charge on any atom is -0.171 e. The number of rotatable bonds is 8. The zero-order chi connectivity index (χ0) is 11.6. The highest BCUT2D eigenvalue weighted by Crippen LogP contribution is 2.22. The summed E-state index contributed by atoms with van der Waals surface area (Å²) in [6, 6.07) is 0. The molecule has 0 atom stereocenters. The van der Waals surface area contributed by atoms with E-state index in [2.05, 4.69) is 15.9 Å². The van der Waals surface area contributed by atoms with Gasteiger partial charge in [-0.25, -0.2) is 0 Å². The molecule has 0 saturated heterocycles. The smallest absolute Gasteiger partial charge is 0.171 e. The molecule has 0 saturated carbocycles. The van der Waals surface area contributed by atoms with Crippen molar-refractivity contribution >= 4 is 15.9 Å². The quantitative estimate of drug-likeness (QED) is 0.326. The summed E-state index contributed by atoms with van der Waals surface area (Å²) in [6.07, 6.45) is 4.40. The van der Waals surface area contributed by atoms with Gasteiger partial charge in [0.1, 0.15) is 0 Å². The summed E-state index contributed by atoms with van der Waals surface area (Å²) in [5.41, 5.74) is 0. The number of alkyl halides is 4. The standard InChI is InChI=1S/C11H18BrF3/c12-10-8-6-4-2-1-3-5-7-9-11(13,14)15/h1,3H,2,4-10H2/b3-1-. The second-order valence-corrected chi connectivity index (χ2v) is 4.31. The van der Waals surface area contributed by atoms with E-state index in [-0.39, 0.29) is 6.42 Å². The second kappa shape index (κ2) is 9.25. The van der Waals surface area contributed by atoms with Crippen molar-refractivity contribution in [2.75, 3.05) is 5.33 Å². The average Bonchev–Trinajstić information content (AvgIpc) is 2.14. The summed E-state index contributed by atoms with van der Waals surface area (Å²) in [4.78, 5) is 0. The molecule has 0 aliphatic heterocycles. The van der Waals surface area contributed by atoms with E-state index in [0.717, 1.165) is 18.2 Å². The Morgan fingerprint density at radius 2 is 1.47 bits per heavy atom. The van der Waals surface area contributed by atoms with Gasteiger partial charge in [-0.2, -0.15) is 13.2 Å². The van der Waals surface area contributed by atoms with Crippen LogP contribution in [0.25, 0.3) is 0 Å². The predicted molar refractivity (Wildman–Crippen MR) is 61.3 cm³/mol.